The molecule has 2 rings (SSSR count). The van der Waals surface area contributed by atoms with E-state index in [1.807, 2.05) is 0 Å². The van der Waals surface area contributed by atoms with E-state index < -0.39 is 0 Å². The van der Waals surface area contributed by atoms with E-state index in [2.05, 4.69) is 104 Å². The normalized spacial score (nSPS) is 23.8. The Labute approximate surface area is 177 Å². The van der Waals surface area contributed by atoms with Gasteiger partial charge in [-0.05, 0) is 0 Å². The van der Waals surface area contributed by atoms with Gasteiger partial charge in [0.05, 0.1) is 0 Å². The summed E-state index contributed by atoms with van der Waals surface area (Å²) in [6, 6.07) is 0. The first-order valence-corrected chi connectivity index (χ1v) is 9.81. The zero-order valence-electron chi connectivity index (χ0n) is 15.7. The molecule has 0 aliphatic heterocycles. The van der Waals surface area contributed by atoms with Crippen molar-refractivity contribution in [3.63, 3.8) is 0 Å². The van der Waals surface area contributed by atoms with Gasteiger partial charge in [0.1, 0.15) is 0 Å². The van der Waals surface area contributed by atoms with Crippen LogP contribution in [0.15, 0.2) is 45.4 Å². The van der Waals surface area contributed by atoms with Gasteiger partial charge in [0.2, 0.25) is 0 Å². The summed E-state index contributed by atoms with van der Waals surface area (Å²) in [5, 5.41) is 0. The fraction of sp³-hybridized carbons (Fsp3) is 0.600. The fourth-order valence-electron chi connectivity index (χ4n) is 3.53. The Morgan fingerprint density at radius 2 is 1.71 bits per heavy atom. The van der Waals surface area contributed by atoms with Crippen molar-refractivity contribution in [2.24, 2.45) is 5.41 Å². The Kier molecular flexibility index (Phi) is 9.23. The number of allylic oxidation sites excluding steroid dienone is 7. The Morgan fingerprint density at radius 1 is 1.08 bits per heavy atom. The van der Waals surface area contributed by atoms with E-state index in [-0.39, 0.29) is 39.7 Å². The molecule has 0 N–H and O–H groups in total. The van der Waals surface area contributed by atoms with Crippen molar-refractivity contribution in [2.75, 3.05) is 0 Å². The van der Waals surface area contributed by atoms with Gasteiger partial charge in [0.25, 0.3) is 0 Å². The summed E-state index contributed by atoms with van der Waals surface area (Å²) in [5.41, 5.74) is 3.37. The summed E-state index contributed by atoms with van der Waals surface area (Å²) in [7, 11) is 0. The molecule has 4 heteroatoms. The minimum absolute atomic E-state index is 0. The fourth-order valence-corrected chi connectivity index (χ4v) is 6.04. The largest absolute Gasteiger partial charge is 1.00 e. The van der Waals surface area contributed by atoms with Gasteiger partial charge in [0, 0.05) is 0 Å². The van der Waals surface area contributed by atoms with Crippen molar-refractivity contribution in [1.29, 1.82) is 0 Å². The van der Waals surface area contributed by atoms with Crippen molar-refractivity contribution >= 4 is 11.8 Å². The summed E-state index contributed by atoms with van der Waals surface area (Å²) in [6.45, 7) is 14.1. The average Bonchev–Trinajstić information content (AvgIpc) is 2.71. The zero-order chi connectivity index (χ0) is 16.6. The van der Waals surface area contributed by atoms with Crippen LogP contribution in [0.5, 0.6) is 0 Å². The number of halogens is 2. The predicted octanol–water partition coefficient (Wildman–Crippen LogP) is 0.348. The maximum absolute atomic E-state index is 2.39. The first kappa shape index (κ1) is 24.6. The van der Waals surface area contributed by atoms with Gasteiger partial charge in [-0.25, -0.2) is 0 Å². The van der Waals surface area contributed by atoms with Crippen molar-refractivity contribution in [3.05, 3.63) is 45.4 Å². The SMILES string of the molecule is CC(C)(C)SC1(CC2=[C]([Ti+2])CC=C2)CC=CC=C1C(C)(C)C.[Cl-].[Cl-]. The van der Waals surface area contributed by atoms with E-state index in [9.17, 15) is 0 Å². The van der Waals surface area contributed by atoms with E-state index in [1.54, 1.807) is 15.0 Å². The van der Waals surface area contributed by atoms with Crippen molar-refractivity contribution in [2.45, 2.75) is 70.3 Å². The second kappa shape index (κ2) is 9.00. The van der Waals surface area contributed by atoms with E-state index in [4.69, 9.17) is 0 Å². The van der Waals surface area contributed by atoms with Crippen molar-refractivity contribution in [3.8, 4) is 0 Å². The van der Waals surface area contributed by atoms with Crippen molar-refractivity contribution in [1.82, 2.24) is 0 Å². The number of hydrogen-bond acceptors (Lipinski definition) is 1. The zero-order valence-corrected chi connectivity index (χ0v) is 19.6. The summed E-state index contributed by atoms with van der Waals surface area (Å²) < 4.78 is 2.00. The van der Waals surface area contributed by atoms with Crippen LogP contribution in [0.2, 0.25) is 0 Å². The van der Waals surface area contributed by atoms with Crippen LogP contribution in [0.25, 0.3) is 0 Å². The molecule has 0 saturated heterocycles. The van der Waals surface area contributed by atoms with Crippen LogP contribution < -0.4 is 24.8 Å². The van der Waals surface area contributed by atoms with Crippen LogP contribution in [-0.2, 0) is 20.4 Å². The molecule has 0 aromatic carbocycles. The molecular formula is C20H29Cl2STi. The first-order chi connectivity index (χ1) is 10.0. The van der Waals surface area contributed by atoms with Crippen LogP contribution in [0.1, 0.15) is 60.8 Å². The molecule has 0 amide bonds. The molecule has 0 nitrogen and oxygen atoms in total. The molecular weight excluding hydrogens is 391 g/mol. The van der Waals surface area contributed by atoms with Crippen LogP contribution in [-0.4, -0.2) is 9.49 Å². The van der Waals surface area contributed by atoms with Gasteiger partial charge in [0.15, 0.2) is 0 Å². The molecule has 133 valence electrons. The Bertz CT molecular complexity index is 559. The molecule has 2 aliphatic rings. The van der Waals surface area contributed by atoms with E-state index in [0.29, 0.717) is 0 Å². The van der Waals surface area contributed by atoms with E-state index in [1.165, 1.54) is 0 Å². The third-order valence-corrected chi connectivity index (χ3v) is 6.51. The number of thioether (sulfide) groups is 1. The molecule has 0 heterocycles. The van der Waals surface area contributed by atoms with Gasteiger partial charge in [-0.3, -0.25) is 0 Å². The molecule has 0 aromatic heterocycles. The minimum Gasteiger partial charge on any atom is -1.00 e. The standard InChI is InChI=1S/C20H29S.2ClH.Ti/c1-18(2,3)17-13-9-10-14-20(17,21-19(4,5)6)15-16-11-7-8-12-16;;;/h7,9-11,13H,8,14-15H2,1-6H3;2*1H;/q;;;+2/p-2. The maximum atomic E-state index is 2.39. The van der Waals surface area contributed by atoms with Crippen molar-refractivity contribution < 1.29 is 45.2 Å². The monoisotopic (exact) mass is 419 g/mol. The van der Waals surface area contributed by atoms with Crippen LogP contribution >= 0.6 is 11.8 Å². The van der Waals surface area contributed by atoms with E-state index in [0.717, 1.165) is 19.3 Å². The Morgan fingerprint density at radius 3 is 2.17 bits per heavy atom. The van der Waals surface area contributed by atoms with Gasteiger partial charge < -0.3 is 24.8 Å². The molecule has 0 aromatic rings. The molecule has 0 radical (unpaired) electrons. The molecule has 0 bridgehead atoms. The smallest absolute Gasteiger partial charge is 1.00 e. The average molecular weight is 420 g/mol. The third kappa shape index (κ3) is 6.10. The third-order valence-electron chi connectivity index (χ3n) is 4.15. The van der Waals surface area contributed by atoms with E-state index >= 15 is 0 Å². The second-order valence-electron chi connectivity index (χ2n) is 8.46. The van der Waals surface area contributed by atoms with Gasteiger partial charge in [-0.1, -0.05) is 0 Å². The van der Waals surface area contributed by atoms with Crippen LogP contribution in [0.4, 0.5) is 0 Å². The Hall–Kier alpha value is 0.604. The second-order valence-corrected chi connectivity index (χ2v) is 11.6. The number of rotatable bonds is 3. The van der Waals surface area contributed by atoms with Crippen LogP contribution in [0.3, 0.4) is 0 Å². The van der Waals surface area contributed by atoms with Gasteiger partial charge in [-0.15, -0.1) is 0 Å². The molecule has 1 unspecified atom stereocenters. The molecule has 24 heavy (non-hydrogen) atoms. The predicted molar refractivity (Wildman–Crippen MR) is 96.8 cm³/mol. The summed E-state index contributed by atoms with van der Waals surface area (Å²) in [4.78, 5) is 0. The molecule has 0 fully saturated rings. The number of hydrogen-bond donors (Lipinski definition) is 0. The molecule has 1 atom stereocenters. The molecule has 2 aliphatic carbocycles. The van der Waals surface area contributed by atoms with Gasteiger partial charge >= 0.3 is 153 Å². The summed E-state index contributed by atoms with van der Waals surface area (Å²) in [5.74, 6) is 0. The molecule has 0 saturated carbocycles. The van der Waals surface area contributed by atoms with Gasteiger partial charge in [-0.2, -0.15) is 0 Å². The Balaban J connectivity index is 0.00000264. The maximum Gasteiger partial charge on any atom is -1.00 e. The quantitative estimate of drug-likeness (QED) is 0.594. The summed E-state index contributed by atoms with van der Waals surface area (Å²) in [6.07, 6.45) is 15.1. The minimum atomic E-state index is 0. The summed E-state index contributed by atoms with van der Waals surface area (Å²) >= 11 is 4.46. The van der Waals surface area contributed by atoms with Crippen LogP contribution in [0, 0.1) is 5.41 Å². The first-order valence-electron chi connectivity index (χ1n) is 8.22. The topological polar surface area (TPSA) is 0 Å². The molecule has 0 spiro atoms.